The van der Waals surface area contributed by atoms with Crippen molar-refractivity contribution in [3.8, 4) is 0 Å². The summed E-state index contributed by atoms with van der Waals surface area (Å²) in [5.74, 6) is 1.82. The van der Waals surface area contributed by atoms with E-state index in [4.69, 9.17) is 5.73 Å². The van der Waals surface area contributed by atoms with E-state index in [0.717, 1.165) is 17.4 Å². The smallest absolute Gasteiger partial charge is 0.128 e. The first-order valence-corrected chi connectivity index (χ1v) is 6.61. The van der Waals surface area contributed by atoms with Gasteiger partial charge in [-0.25, -0.2) is 4.98 Å². The Morgan fingerprint density at radius 2 is 2.12 bits per heavy atom. The van der Waals surface area contributed by atoms with Gasteiger partial charge in [-0.1, -0.05) is 25.8 Å². The fraction of sp³-hybridized carbons (Fsp3) is 0.643. The van der Waals surface area contributed by atoms with Gasteiger partial charge in [0.05, 0.1) is 5.69 Å². The monoisotopic (exact) mass is 233 g/mol. The van der Waals surface area contributed by atoms with Crippen LogP contribution in [0.25, 0.3) is 0 Å². The van der Waals surface area contributed by atoms with Gasteiger partial charge in [0.15, 0.2) is 0 Å². The summed E-state index contributed by atoms with van der Waals surface area (Å²) in [7, 11) is 2.16. The minimum absolute atomic E-state index is 0.516. The van der Waals surface area contributed by atoms with Gasteiger partial charge >= 0.3 is 0 Å². The van der Waals surface area contributed by atoms with Gasteiger partial charge in [0.1, 0.15) is 5.82 Å². The molecule has 3 nitrogen and oxygen atoms in total. The van der Waals surface area contributed by atoms with Crippen LogP contribution in [0, 0.1) is 5.92 Å². The predicted octanol–water partition coefficient (Wildman–Crippen LogP) is 2.56. The molecule has 17 heavy (non-hydrogen) atoms. The van der Waals surface area contributed by atoms with E-state index in [1.54, 1.807) is 0 Å². The van der Waals surface area contributed by atoms with E-state index in [1.165, 1.54) is 25.7 Å². The molecule has 2 atom stereocenters. The van der Waals surface area contributed by atoms with Gasteiger partial charge in [-0.2, -0.15) is 0 Å². The number of aromatic nitrogens is 1. The maximum Gasteiger partial charge on any atom is 0.128 e. The molecule has 1 aromatic rings. The number of rotatable bonds is 3. The second-order valence-corrected chi connectivity index (χ2v) is 5.13. The second-order valence-electron chi connectivity index (χ2n) is 5.13. The lowest BCUT2D eigenvalue weighted by molar-refractivity contribution is 0.320. The SMILES string of the molecule is CC1CCCCC1N(C)c1cccc(CN)n1. The van der Waals surface area contributed by atoms with Gasteiger partial charge in [-0.05, 0) is 30.9 Å². The molecular formula is C14H23N3. The van der Waals surface area contributed by atoms with Crippen molar-refractivity contribution in [3.63, 3.8) is 0 Å². The highest BCUT2D eigenvalue weighted by molar-refractivity contribution is 5.39. The zero-order chi connectivity index (χ0) is 12.3. The first-order valence-electron chi connectivity index (χ1n) is 6.61. The molecule has 0 aromatic carbocycles. The molecule has 0 amide bonds. The zero-order valence-corrected chi connectivity index (χ0v) is 10.9. The van der Waals surface area contributed by atoms with E-state index >= 15 is 0 Å². The topological polar surface area (TPSA) is 42.1 Å². The van der Waals surface area contributed by atoms with Crippen LogP contribution in [-0.4, -0.2) is 18.1 Å². The lowest BCUT2D eigenvalue weighted by Gasteiger charge is -2.37. The van der Waals surface area contributed by atoms with Gasteiger partial charge in [-0.3, -0.25) is 0 Å². The Morgan fingerprint density at radius 3 is 2.82 bits per heavy atom. The van der Waals surface area contributed by atoms with E-state index in [1.807, 2.05) is 6.07 Å². The summed E-state index contributed by atoms with van der Waals surface area (Å²) in [6.07, 6.45) is 5.34. The summed E-state index contributed by atoms with van der Waals surface area (Å²) in [5.41, 5.74) is 6.61. The molecule has 1 heterocycles. The number of nitrogens with zero attached hydrogens (tertiary/aromatic N) is 2. The standard InChI is InChI=1S/C14H23N3/c1-11-6-3-4-8-13(11)17(2)14-9-5-7-12(10-15)16-14/h5,7,9,11,13H,3-4,6,8,10,15H2,1-2H3. The quantitative estimate of drug-likeness (QED) is 0.872. The highest BCUT2D eigenvalue weighted by atomic mass is 15.2. The third-order valence-corrected chi connectivity index (χ3v) is 3.93. The first kappa shape index (κ1) is 12.4. The first-order chi connectivity index (χ1) is 8.22. The fourth-order valence-electron chi connectivity index (χ4n) is 2.82. The molecule has 1 aromatic heterocycles. The maximum atomic E-state index is 5.64. The minimum Gasteiger partial charge on any atom is -0.356 e. The molecule has 1 saturated carbocycles. The normalized spacial score (nSPS) is 24.6. The number of anilines is 1. The van der Waals surface area contributed by atoms with Crippen LogP contribution in [0.4, 0.5) is 5.82 Å². The molecule has 0 aliphatic heterocycles. The number of hydrogen-bond donors (Lipinski definition) is 1. The van der Waals surface area contributed by atoms with Crippen LogP contribution in [-0.2, 0) is 6.54 Å². The Labute approximate surface area is 104 Å². The Kier molecular flexibility index (Phi) is 4.00. The highest BCUT2D eigenvalue weighted by Gasteiger charge is 2.25. The van der Waals surface area contributed by atoms with Crippen molar-refractivity contribution in [2.24, 2.45) is 11.7 Å². The van der Waals surface area contributed by atoms with Crippen LogP contribution in [0.5, 0.6) is 0 Å². The number of nitrogens with two attached hydrogens (primary N) is 1. The lowest BCUT2D eigenvalue weighted by atomic mass is 9.85. The second kappa shape index (κ2) is 5.50. The molecule has 0 bridgehead atoms. The van der Waals surface area contributed by atoms with Crippen molar-refractivity contribution in [1.82, 2.24) is 4.98 Å². The van der Waals surface area contributed by atoms with Crippen molar-refractivity contribution >= 4 is 5.82 Å². The summed E-state index contributed by atoms with van der Waals surface area (Å²) < 4.78 is 0. The minimum atomic E-state index is 0.516. The van der Waals surface area contributed by atoms with Gasteiger partial charge in [-0.15, -0.1) is 0 Å². The zero-order valence-electron chi connectivity index (χ0n) is 10.9. The largest absolute Gasteiger partial charge is 0.356 e. The Bertz CT molecular complexity index is 364. The van der Waals surface area contributed by atoms with Gasteiger partial charge in [0.25, 0.3) is 0 Å². The van der Waals surface area contributed by atoms with Crippen LogP contribution in [0.15, 0.2) is 18.2 Å². The van der Waals surface area contributed by atoms with E-state index in [-0.39, 0.29) is 0 Å². The molecule has 2 rings (SSSR count). The van der Waals surface area contributed by atoms with E-state index in [0.29, 0.717) is 12.6 Å². The predicted molar refractivity (Wildman–Crippen MR) is 72.0 cm³/mol. The van der Waals surface area contributed by atoms with Crippen LogP contribution in [0.3, 0.4) is 0 Å². The average molecular weight is 233 g/mol. The summed E-state index contributed by atoms with van der Waals surface area (Å²) in [6.45, 7) is 2.87. The van der Waals surface area contributed by atoms with Crippen molar-refractivity contribution in [2.45, 2.75) is 45.2 Å². The van der Waals surface area contributed by atoms with Gasteiger partial charge in [0, 0.05) is 19.6 Å². The van der Waals surface area contributed by atoms with Crippen LogP contribution < -0.4 is 10.6 Å². The fourth-order valence-corrected chi connectivity index (χ4v) is 2.82. The molecule has 1 aliphatic rings. The molecule has 3 heteroatoms. The molecule has 1 aliphatic carbocycles. The Balaban J connectivity index is 2.14. The van der Waals surface area contributed by atoms with E-state index < -0.39 is 0 Å². The summed E-state index contributed by atoms with van der Waals surface area (Å²) in [5, 5.41) is 0. The molecular weight excluding hydrogens is 210 g/mol. The third-order valence-electron chi connectivity index (χ3n) is 3.93. The van der Waals surface area contributed by atoms with Crippen molar-refractivity contribution in [2.75, 3.05) is 11.9 Å². The molecule has 1 fully saturated rings. The third kappa shape index (κ3) is 2.78. The molecule has 0 radical (unpaired) electrons. The summed E-state index contributed by atoms with van der Waals surface area (Å²) in [6, 6.07) is 6.75. The molecule has 0 spiro atoms. The molecule has 2 N–H and O–H groups in total. The Morgan fingerprint density at radius 1 is 1.35 bits per heavy atom. The van der Waals surface area contributed by atoms with Crippen LogP contribution >= 0.6 is 0 Å². The van der Waals surface area contributed by atoms with Gasteiger partial charge < -0.3 is 10.6 Å². The molecule has 94 valence electrons. The van der Waals surface area contributed by atoms with Crippen LogP contribution in [0.2, 0.25) is 0 Å². The molecule has 0 saturated heterocycles. The average Bonchev–Trinajstić information content (AvgIpc) is 2.38. The highest BCUT2D eigenvalue weighted by Crippen LogP contribution is 2.29. The van der Waals surface area contributed by atoms with Crippen molar-refractivity contribution in [3.05, 3.63) is 23.9 Å². The maximum absolute atomic E-state index is 5.64. The Hall–Kier alpha value is -1.09. The number of hydrogen-bond acceptors (Lipinski definition) is 3. The lowest BCUT2D eigenvalue weighted by Crippen LogP contribution is -2.39. The van der Waals surface area contributed by atoms with Crippen molar-refractivity contribution in [1.29, 1.82) is 0 Å². The van der Waals surface area contributed by atoms with Crippen molar-refractivity contribution < 1.29 is 0 Å². The van der Waals surface area contributed by atoms with E-state index in [9.17, 15) is 0 Å². The number of pyridine rings is 1. The summed E-state index contributed by atoms with van der Waals surface area (Å²) in [4.78, 5) is 6.94. The van der Waals surface area contributed by atoms with E-state index in [2.05, 4.69) is 36.0 Å². The summed E-state index contributed by atoms with van der Waals surface area (Å²) >= 11 is 0. The van der Waals surface area contributed by atoms with Crippen LogP contribution in [0.1, 0.15) is 38.3 Å². The molecule has 2 unspecified atom stereocenters. The van der Waals surface area contributed by atoms with Gasteiger partial charge in [0.2, 0.25) is 0 Å².